The highest BCUT2D eigenvalue weighted by Crippen LogP contribution is 2.27. The molecule has 7 heteroatoms. The third-order valence-electron chi connectivity index (χ3n) is 2.84. The maximum Gasteiger partial charge on any atom is 0.307 e. The van der Waals surface area contributed by atoms with Gasteiger partial charge in [0.25, 0.3) is 0 Å². The number of carbonyl (C=O) groups excluding carboxylic acids is 1. The van der Waals surface area contributed by atoms with E-state index in [2.05, 4.69) is 0 Å². The van der Waals surface area contributed by atoms with Crippen molar-refractivity contribution in [1.82, 2.24) is 0 Å². The van der Waals surface area contributed by atoms with Crippen LogP contribution in [0.25, 0.3) is 0 Å². The third kappa shape index (κ3) is 5.37. The maximum absolute atomic E-state index is 10.9. The molecule has 0 aliphatic carbocycles. The van der Waals surface area contributed by atoms with Crippen LogP contribution in [-0.2, 0) is 16.0 Å². The van der Waals surface area contributed by atoms with E-state index in [0.717, 1.165) is 11.8 Å². The molecular weight excluding hydrogens is 296 g/mol. The largest absolute Gasteiger partial charge is 0.497 e. The Morgan fingerprint density at radius 2 is 2.00 bits per heavy atom. The molecule has 0 aliphatic rings. The summed E-state index contributed by atoms with van der Waals surface area (Å²) in [5.41, 5.74) is 0.677. The molecule has 0 saturated carbocycles. The quantitative estimate of drug-likeness (QED) is 0.689. The molecule has 6 nitrogen and oxygen atoms in total. The van der Waals surface area contributed by atoms with Gasteiger partial charge in [0.15, 0.2) is 5.12 Å². The number of aliphatic carboxylic acids is 1. The maximum atomic E-state index is 10.9. The van der Waals surface area contributed by atoms with E-state index in [1.807, 2.05) is 0 Å². The van der Waals surface area contributed by atoms with Crippen molar-refractivity contribution in [3.05, 3.63) is 29.3 Å². The zero-order valence-corrected chi connectivity index (χ0v) is 12.6. The number of ether oxygens (including phenoxy) is 1. The van der Waals surface area contributed by atoms with Gasteiger partial charge in [-0.1, -0.05) is 17.8 Å². The molecule has 0 aliphatic heterocycles. The zero-order chi connectivity index (χ0) is 16.0. The van der Waals surface area contributed by atoms with Gasteiger partial charge in [-0.05, 0) is 23.3 Å². The van der Waals surface area contributed by atoms with E-state index in [9.17, 15) is 19.8 Å². The normalized spacial score (nSPS) is 13.5. The fraction of sp³-hybridized carbons (Fsp3) is 0.429. The van der Waals surface area contributed by atoms with Crippen LogP contribution in [0.1, 0.15) is 24.2 Å². The van der Waals surface area contributed by atoms with Gasteiger partial charge in [-0.2, -0.15) is 0 Å². The van der Waals surface area contributed by atoms with Crippen LogP contribution in [0.3, 0.4) is 0 Å². The fourth-order valence-corrected chi connectivity index (χ4v) is 2.39. The summed E-state index contributed by atoms with van der Waals surface area (Å²) in [6.07, 6.45) is -2.75. The van der Waals surface area contributed by atoms with Crippen molar-refractivity contribution in [2.75, 3.05) is 12.9 Å². The highest BCUT2D eigenvalue weighted by molar-refractivity contribution is 8.13. The predicted octanol–water partition coefficient (Wildman–Crippen LogP) is 0.996. The first-order valence-electron chi connectivity index (χ1n) is 6.23. The molecule has 1 aromatic carbocycles. The lowest BCUT2D eigenvalue weighted by Crippen LogP contribution is -2.23. The summed E-state index contributed by atoms with van der Waals surface area (Å²) in [5, 5.41) is 28.8. The Hall–Kier alpha value is -1.57. The number of carboxylic acids is 1. The first kappa shape index (κ1) is 17.5. The number of aliphatic hydroxyl groups is 2. The highest BCUT2D eigenvalue weighted by Gasteiger charge is 2.23. The van der Waals surface area contributed by atoms with Crippen LogP contribution in [0.5, 0.6) is 5.75 Å². The third-order valence-corrected chi connectivity index (χ3v) is 3.75. The Bertz CT molecular complexity index is 516. The van der Waals surface area contributed by atoms with Crippen LogP contribution in [0.2, 0.25) is 0 Å². The summed E-state index contributed by atoms with van der Waals surface area (Å²) in [7, 11) is 1.45. The SMILES string of the molecule is COc1ccc(CC(=O)O)c(C(O)C(O)CSC(C)=O)c1. The topological polar surface area (TPSA) is 104 Å². The molecule has 0 spiro atoms. The van der Waals surface area contributed by atoms with Gasteiger partial charge in [0.2, 0.25) is 0 Å². The fourth-order valence-electron chi connectivity index (χ4n) is 1.80. The average Bonchev–Trinajstić information content (AvgIpc) is 2.43. The zero-order valence-electron chi connectivity index (χ0n) is 11.8. The second-order valence-electron chi connectivity index (χ2n) is 4.45. The van der Waals surface area contributed by atoms with Gasteiger partial charge in [0.1, 0.15) is 11.9 Å². The van der Waals surface area contributed by atoms with Crippen molar-refractivity contribution in [2.24, 2.45) is 0 Å². The summed E-state index contributed by atoms with van der Waals surface area (Å²) in [5.74, 6) is -0.564. The van der Waals surface area contributed by atoms with Gasteiger partial charge in [-0.3, -0.25) is 9.59 Å². The number of aliphatic hydroxyl groups excluding tert-OH is 2. The van der Waals surface area contributed by atoms with Gasteiger partial charge in [0.05, 0.1) is 19.6 Å². The van der Waals surface area contributed by atoms with Crippen molar-refractivity contribution in [2.45, 2.75) is 25.6 Å². The van der Waals surface area contributed by atoms with Gasteiger partial charge in [-0.25, -0.2) is 0 Å². The lowest BCUT2D eigenvalue weighted by atomic mass is 9.97. The van der Waals surface area contributed by atoms with Crippen molar-refractivity contribution in [3.8, 4) is 5.75 Å². The van der Waals surface area contributed by atoms with E-state index in [-0.39, 0.29) is 22.9 Å². The van der Waals surface area contributed by atoms with E-state index in [1.165, 1.54) is 26.2 Å². The molecule has 0 fully saturated rings. The first-order chi connectivity index (χ1) is 9.85. The summed E-state index contributed by atoms with van der Waals surface area (Å²) >= 11 is 0.896. The molecule has 0 bridgehead atoms. The van der Waals surface area contributed by atoms with E-state index in [1.54, 1.807) is 6.07 Å². The number of hydrogen-bond acceptors (Lipinski definition) is 6. The lowest BCUT2D eigenvalue weighted by molar-refractivity contribution is -0.136. The number of hydrogen-bond donors (Lipinski definition) is 3. The molecule has 3 N–H and O–H groups in total. The molecular formula is C14H18O6S. The molecule has 1 aromatic rings. The molecule has 0 aromatic heterocycles. The van der Waals surface area contributed by atoms with Gasteiger partial charge < -0.3 is 20.1 Å². The van der Waals surface area contributed by atoms with Crippen molar-refractivity contribution in [1.29, 1.82) is 0 Å². The Balaban J connectivity index is 3.00. The van der Waals surface area contributed by atoms with Crippen molar-refractivity contribution in [3.63, 3.8) is 0 Å². The molecule has 1 rings (SSSR count). The molecule has 0 saturated heterocycles. The van der Waals surface area contributed by atoms with E-state index in [4.69, 9.17) is 9.84 Å². The van der Waals surface area contributed by atoms with Crippen LogP contribution in [0.4, 0.5) is 0 Å². The molecule has 2 atom stereocenters. The number of rotatable bonds is 7. The Labute approximate surface area is 126 Å². The van der Waals surface area contributed by atoms with Gasteiger partial charge in [-0.15, -0.1) is 0 Å². The van der Waals surface area contributed by atoms with Crippen LogP contribution in [0.15, 0.2) is 18.2 Å². The Morgan fingerprint density at radius 1 is 1.33 bits per heavy atom. The minimum Gasteiger partial charge on any atom is -0.497 e. The van der Waals surface area contributed by atoms with Crippen LogP contribution in [-0.4, -0.2) is 45.4 Å². The van der Waals surface area contributed by atoms with Gasteiger partial charge in [0, 0.05) is 12.7 Å². The smallest absolute Gasteiger partial charge is 0.307 e. The van der Waals surface area contributed by atoms with Crippen molar-refractivity contribution < 1.29 is 29.6 Å². The number of carbonyl (C=O) groups is 2. The molecule has 2 unspecified atom stereocenters. The van der Waals surface area contributed by atoms with Crippen LogP contribution < -0.4 is 4.74 Å². The summed E-state index contributed by atoms with van der Waals surface area (Å²) in [4.78, 5) is 21.8. The second kappa shape index (κ2) is 8.02. The van der Waals surface area contributed by atoms with Crippen molar-refractivity contribution >= 4 is 22.8 Å². The van der Waals surface area contributed by atoms with E-state index < -0.39 is 18.2 Å². The minimum absolute atomic E-state index is 0.0280. The molecule has 0 heterocycles. The Kier molecular flexibility index (Phi) is 6.67. The first-order valence-corrected chi connectivity index (χ1v) is 7.21. The van der Waals surface area contributed by atoms with E-state index >= 15 is 0 Å². The molecule has 116 valence electrons. The van der Waals surface area contributed by atoms with Gasteiger partial charge >= 0.3 is 5.97 Å². The number of methoxy groups -OCH3 is 1. The molecule has 21 heavy (non-hydrogen) atoms. The average molecular weight is 314 g/mol. The second-order valence-corrected chi connectivity index (χ2v) is 5.65. The number of carboxylic acid groups (broad SMARTS) is 1. The molecule has 0 radical (unpaired) electrons. The number of benzene rings is 1. The van der Waals surface area contributed by atoms with E-state index in [0.29, 0.717) is 11.3 Å². The highest BCUT2D eigenvalue weighted by atomic mass is 32.2. The lowest BCUT2D eigenvalue weighted by Gasteiger charge is -2.20. The number of thioether (sulfide) groups is 1. The van der Waals surface area contributed by atoms with Crippen LogP contribution >= 0.6 is 11.8 Å². The summed E-state index contributed by atoms with van der Waals surface area (Å²) in [6.45, 7) is 1.37. The summed E-state index contributed by atoms with van der Waals surface area (Å²) < 4.78 is 5.04. The van der Waals surface area contributed by atoms with Crippen LogP contribution in [0, 0.1) is 0 Å². The monoisotopic (exact) mass is 314 g/mol. The summed E-state index contributed by atoms with van der Waals surface area (Å²) in [6, 6.07) is 4.62. The Morgan fingerprint density at radius 3 is 2.52 bits per heavy atom. The standard InChI is InChI=1S/C14H18O6S/c1-8(15)21-7-12(16)14(19)11-6-10(20-2)4-3-9(11)5-13(17)18/h3-4,6,12,14,16,19H,5,7H2,1-2H3,(H,17,18). The molecule has 0 amide bonds. The predicted molar refractivity (Wildman–Crippen MR) is 78.4 cm³/mol. The minimum atomic E-state index is -1.29.